The summed E-state index contributed by atoms with van der Waals surface area (Å²) in [6.07, 6.45) is 1.88. The molecule has 5 heteroatoms. The molecule has 0 aliphatic heterocycles. The van der Waals surface area contributed by atoms with Crippen LogP contribution in [0.5, 0.6) is 0 Å². The molecule has 0 radical (unpaired) electrons. The number of nitrogens with zero attached hydrogens (tertiary/aromatic N) is 3. The van der Waals surface area contributed by atoms with Gasteiger partial charge >= 0.3 is 0 Å². The average Bonchev–Trinajstić information content (AvgIpc) is 2.11. The van der Waals surface area contributed by atoms with Gasteiger partial charge in [-0.25, -0.2) is 0 Å². The lowest BCUT2D eigenvalue weighted by molar-refractivity contribution is -1.22. The second-order valence-corrected chi connectivity index (χ2v) is 8.04. The molecule has 0 unspecified atom stereocenters. The van der Waals surface area contributed by atoms with Crippen molar-refractivity contribution in [3.8, 4) is 0 Å². The molecule has 5 nitrogen and oxygen atoms in total. The third kappa shape index (κ3) is 4.53. The Labute approximate surface area is 125 Å². The van der Waals surface area contributed by atoms with Gasteiger partial charge in [0.15, 0.2) is 0 Å². The van der Waals surface area contributed by atoms with Gasteiger partial charge in [-0.3, -0.25) is 4.48 Å². The monoisotopic (exact) mass is 290 g/mol. The summed E-state index contributed by atoms with van der Waals surface area (Å²) in [5.74, 6) is 0. The summed E-state index contributed by atoms with van der Waals surface area (Å²) in [6.45, 7) is 12.1. The van der Waals surface area contributed by atoms with E-state index >= 15 is 0 Å². The quantitative estimate of drug-likeness (QED) is 0.407. The highest BCUT2D eigenvalue weighted by Crippen LogP contribution is 2.32. The highest BCUT2D eigenvalue weighted by Gasteiger charge is 2.52. The summed E-state index contributed by atoms with van der Waals surface area (Å²) in [7, 11) is 14.2. The zero-order valence-electron chi connectivity index (χ0n) is 15.4. The van der Waals surface area contributed by atoms with Crippen molar-refractivity contribution in [2.24, 2.45) is 0 Å². The van der Waals surface area contributed by atoms with Crippen LogP contribution in [-0.2, 0) is 9.68 Å². The standard InChI is InChI=1S/C15H36N3O2/c1-13-17(9,10)14(2,3)20-18(11,12)15(4,5)19-16(6,7)8/h13H,1H2,2-12H3/q+3. The topological polar surface area (TPSA) is 18.5 Å². The van der Waals surface area contributed by atoms with Crippen molar-refractivity contribution < 1.29 is 23.5 Å². The fourth-order valence-corrected chi connectivity index (χ4v) is 1.76. The molecule has 0 aliphatic rings. The summed E-state index contributed by atoms with van der Waals surface area (Å²) >= 11 is 0. The number of quaternary nitrogens is 3. The van der Waals surface area contributed by atoms with Crippen molar-refractivity contribution in [3.05, 3.63) is 12.8 Å². The molecular formula is C15H36N3O2+3. The first-order valence-corrected chi connectivity index (χ1v) is 7.02. The minimum atomic E-state index is -0.503. The second-order valence-electron chi connectivity index (χ2n) is 8.04. The minimum absolute atomic E-state index is 0.283. The molecule has 0 saturated heterocycles. The van der Waals surface area contributed by atoms with Gasteiger partial charge in [-0.15, -0.1) is 14.3 Å². The molecule has 0 bridgehead atoms. The first kappa shape index (κ1) is 19.5. The Morgan fingerprint density at radius 2 is 1.15 bits per heavy atom. The summed E-state index contributed by atoms with van der Waals surface area (Å²) in [5.41, 5.74) is -0.937. The Kier molecular flexibility index (Phi) is 5.26. The van der Waals surface area contributed by atoms with E-state index in [-0.39, 0.29) is 4.65 Å². The molecule has 0 saturated carbocycles. The van der Waals surface area contributed by atoms with E-state index in [9.17, 15) is 0 Å². The van der Waals surface area contributed by atoms with Gasteiger partial charge < -0.3 is 0 Å². The summed E-state index contributed by atoms with van der Waals surface area (Å²) < 4.78 is 1.25. The Morgan fingerprint density at radius 1 is 0.750 bits per heavy atom. The van der Waals surface area contributed by atoms with Crippen LogP contribution >= 0.6 is 0 Å². The molecule has 0 atom stereocenters. The van der Waals surface area contributed by atoms with Crippen LogP contribution in [0.15, 0.2) is 12.8 Å². The molecule has 0 N–H and O–H groups in total. The fourth-order valence-electron chi connectivity index (χ4n) is 1.76. The molecule has 0 fully saturated rings. The zero-order valence-corrected chi connectivity index (χ0v) is 15.4. The van der Waals surface area contributed by atoms with Crippen LogP contribution in [0.4, 0.5) is 0 Å². The Bertz CT molecular complexity index is 353. The lowest BCUT2D eigenvalue weighted by Gasteiger charge is -2.48. The van der Waals surface area contributed by atoms with Crippen molar-refractivity contribution in [2.75, 3.05) is 49.3 Å². The third-order valence-electron chi connectivity index (χ3n) is 4.09. The van der Waals surface area contributed by atoms with Gasteiger partial charge in [-0.05, 0) is 6.58 Å². The maximum atomic E-state index is 6.40. The molecular weight excluding hydrogens is 254 g/mol. The van der Waals surface area contributed by atoms with E-state index < -0.39 is 11.4 Å². The number of rotatable bonds is 7. The lowest BCUT2D eigenvalue weighted by atomic mass is 10.2. The zero-order chi connectivity index (χ0) is 16.6. The molecule has 0 spiro atoms. The fraction of sp³-hybridized carbons (Fsp3) is 0.867. The van der Waals surface area contributed by atoms with E-state index in [1.807, 2.05) is 55.3 Å². The van der Waals surface area contributed by atoms with Gasteiger partial charge in [0.25, 0.3) is 11.4 Å². The van der Waals surface area contributed by atoms with E-state index in [0.29, 0.717) is 9.13 Å². The van der Waals surface area contributed by atoms with Crippen LogP contribution in [0.25, 0.3) is 0 Å². The average molecular weight is 290 g/mol. The van der Waals surface area contributed by atoms with Gasteiger partial charge in [-0.2, -0.15) is 4.65 Å². The van der Waals surface area contributed by atoms with Crippen LogP contribution < -0.4 is 0 Å². The molecule has 0 aromatic heterocycles. The van der Waals surface area contributed by atoms with Crippen LogP contribution in [0, 0.1) is 0 Å². The Balaban J connectivity index is 5.30. The number of hydroxylamine groups is 6. The number of hydrogen-bond acceptors (Lipinski definition) is 2. The predicted molar refractivity (Wildman–Crippen MR) is 82.8 cm³/mol. The van der Waals surface area contributed by atoms with E-state index in [1.54, 1.807) is 0 Å². The van der Waals surface area contributed by atoms with Gasteiger partial charge in [0, 0.05) is 27.7 Å². The van der Waals surface area contributed by atoms with Crippen molar-refractivity contribution in [2.45, 2.75) is 39.1 Å². The van der Waals surface area contributed by atoms with Crippen LogP contribution in [-0.4, -0.2) is 74.6 Å². The second kappa shape index (κ2) is 5.39. The van der Waals surface area contributed by atoms with Crippen molar-refractivity contribution in [1.29, 1.82) is 0 Å². The van der Waals surface area contributed by atoms with E-state index in [0.717, 1.165) is 0 Å². The van der Waals surface area contributed by atoms with E-state index in [4.69, 9.17) is 9.68 Å². The highest BCUT2D eigenvalue weighted by atomic mass is 16.8. The summed E-state index contributed by atoms with van der Waals surface area (Å²) in [4.78, 5) is 12.5. The molecule has 0 aromatic carbocycles. The van der Waals surface area contributed by atoms with Crippen molar-refractivity contribution in [1.82, 2.24) is 0 Å². The predicted octanol–water partition coefficient (Wildman–Crippen LogP) is 2.32. The van der Waals surface area contributed by atoms with Gasteiger partial charge in [0.05, 0.1) is 41.4 Å². The minimum Gasteiger partial charge on any atom is -0.272 e. The SMILES string of the molecule is C=C[N+](C)(C)C(C)(C)O[N+](C)(C)C(C)(C)O[N+](C)(C)C. The van der Waals surface area contributed by atoms with Crippen LogP contribution in [0.3, 0.4) is 0 Å². The van der Waals surface area contributed by atoms with E-state index in [2.05, 4.69) is 34.5 Å². The molecule has 0 amide bonds. The van der Waals surface area contributed by atoms with Gasteiger partial charge in [0.1, 0.15) is 14.1 Å². The first-order valence-electron chi connectivity index (χ1n) is 7.02. The largest absolute Gasteiger partial charge is 0.277 e. The van der Waals surface area contributed by atoms with E-state index in [1.165, 1.54) is 0 Å². The molecule has 0 aliphatic carbocycles. The molecule has 0 heterocycles. The molecule has 120 valence electrons. The third-order valence-corrected chi connectivity index (χ3v) is 4.09. The maximum Gasteiger partial charge on any atom is 0.277 e. The number of hydrogen-bond donors (Lipinski definition) is 0. The first-order chi connectivity index (χ1) is 8.47. The highest BCUT2D eigenvalue weighted by molar-refractivity contribution is 4.62. The van der Waals surface area contributed by atoms with Crippen LogP contribution in [0.2, 0.25) is 0 Å². The summed E-state index contributed by atoms with van der Waals surface area (Å²) in [5, 5.41) is 0. The van der Waals surface area contributed by atoms with Crippen molar-refractivity contribution in [3.63, 3.8) is 0 Å². The molecule has 0 aromatic rings. The summed E-state index contributed by atoms with van der Waals surface area (Å²) in [6, 6.07) is 0. The normalized spacial score (nSPS) is 15.3. The molecule has 0 rings (SSSR count). The molecule has 20 heavy (non-hydrogen) atoms. The smallest absolute Gasteiger partial charge is 0.272 e. The van der Waals surface area contributed by atoms with Crippen molar-refractivity contribution >= 4 is 0 Å². The lowest BCUT2D eigenvalue weighted by Crippen LogP contribution is -2.67. The van der Waals surface area contributed by atoms with Gasteiger partial charge in [-0.1, -0.05) is 0 Å². The van der Waals surface area contributed by atoms with Crippen LogP contribution in [0.1, 0.15) is 27.7 Å². The van der Waals surface area contributed by atoms with Gasteiger partial charge in [0.2, 0.25) is 0 Å². The Morgan fingerprint density at radius 3 is 1.45 bits per heavy atom. The maximum absolute atomic E-state index is 6.40. The Hall–Kier alpha value is -0.460.